The molecule has 1 heterocycles. The van der Waals surface area contributed by atoms with Crippen molar-refractivity contribution < 1.29 is 36.6 Å². The summed E-state index contributed by atoms with van der Waals surface area (Å²) >= 11 is 0. The molecule has 3 rings (SSSR count). The standard InChI is InChI=1S/C32H45F2N3O6S/c1-4-9-26(10-5-2)44(41,42)20-28-31(39)37(19-29(38)27(35)17-22-15-24(33)18-25(34)16-22)14-13-21(3)30(43-32(40)36-28)23-11-7-6-8-12-23/h6-8,11-12,15-16,18,21,26-30,38H,4-5,9-10,13-14,17,19-20,35H2,1-3H3,(H,36,40)/t21?,27-,28?,29+,30?/m0/s1. The minimum absolute atomic E-state index is 0.0670. The highest BCUT2D eigenvalue weighted by molar-refractivity contribution is 7.92. The van der Waals surface area contributed by atoms with Crippen LogP contribution in [-0.4, -0.2) is 72.7 Å². The van der Waals surface area contributed by atoms with E-state index < -0.39 is 68.8 Å². The molecule has 1 aliphatic heterocycles. The normalized spacial score (nSPS) is 21.5. The molecule has 4 N–H and O–H groups in total. The van der Waals surface area contributed by atoms with E-state index in [1.54, 1.807) is 0 Å². The van der Waals surface area contributed by atoms with E-state index in [1.807, 2.05) is 51.1 Å². The average Bonchev–Trinajstić information content (AvgIpc) is 2.96. The third kappa shape index (κ3) is 9.97. The summed E-state index contributed by atoms with van der Waals surface area (Å²) in [5, 5.41) is 12.9. The lowest BCUT2D eigenvalue weighted by atomic mass is 9.93. The van der Waals surface area contributed by atoms with Gasteiger partial charge in [0.1, 0.15) is 23.8 Å². The van der Waals surface area contributed by atoms with E-state index in [9.17, 15) is 31.9 Å². The van der Waals surface area contributed by atoms with Crippen molar-refractivity contribution in [3.05, 3.63) is 71.3 Å². The summed E-state index contributed by atoms with van der Waals surface area (Å²) < 4.78 is 60.3. The van der Waals surface area contributed by atoms with Crippen LogP contribution in [-0.2, 0) is 25.8 Å². The van der Waals surface area contributed by atoms with Crippen LogP contribution in [0.5, 0.6) is 0 Å². The van der Waals surface area contributed by atoms with Crippen LogP contribution in [0.15, 0.2) is 48.5 Å². The molecular weight excluding hydrogens is 592 g/mol. The van der Waals surface area contributed by atoms with Gasteiger partial charge in [-0.05, 0) is 54.9 Å². The number of hydrogen-bond acceptors (Lipinski definition) is 7. The highest BCUT2D eigenvalue weighted by Crippen LogP contribution is 2.30. The summed E-state index contributed by atoms with van der Waals surface area (Å²) in [6.45, 7) is 5.49. The number of alkyl carbamates (subject to hydrolysis) is 1. The number of nitrogens with one attached hydrogen (secondary N) is 1. The number of nitrogens with two attached hydrogens (primary N) is 1. The molecular formula is C32H45F2N3O6S. The Morgan fingerprint density at radius 2 is 1.68 bits per heavy atom. The quantitative estimate of drug-likeness (QED) is 0.298. The molecule has 0 spiro atoms. The monoisotopic (exact) mass is 637 g/mol. The number of β-amino-alcohol motifs (C(OH)–C–C–N with tert-alkyl or cyclic N) is 1. The Hall–Kier alpha value is -3.09. The van der Waals surface area contributed by atoms with Gasteiger partial charge < -0.3 is 25.8 Å². The maximum Gasteiger partial charge on any atom is 0.408 e. The molecule has 2 aromatic carbocycles. The van der Waals surface area contributed by atoms with E-state index in [0.717, 1.165) is 23.8 Å². The van der Waals surface area contributed by atoms with Gasteiger partial charge in [0.15, 0.2) is 9.84 Å². The zero-order valence-corrected chi connectivity index (χ0v) is 26.4. The van der Waals surface area contributed by atoms with Crippen molar-refractivity contribution in [3.8, 4) is 0 Å². The lowest BCUT2D eigenvalue weighted by Gasteiger charge is -2.35. The first-order valence-electron chi connectivity index (χ1n) is 15.3. The smallest absolute Gasteiger partial charge is 0.408 e. The first kappa shape index (κ1) is 35.4. The van der Waals surface area contributed by atoms with Crippen molar-refractivity contribution in [3.63, 3.8) is 0 Å². The maximum atomic E-state index is 13.9. The van der Waals surface area contributed by atoms with E-state index >= 15 is 0 Å². The highest BCUT2D eigenvalue weighted by Gasteiger charge is 2.38. The fourth-order valence-electron chi connectivity index (χ4n) is 5.66. The SMILES string of the molecule is CCCC(CCC)S(=O)(=O)CC1NC(=O)OC(c2ccccc2)C(C)CCN(C[C@@H](O)[C@@H](N)Cc2cc(F)cc(F)c2)C1=O. The molecule has 0 radical (unpaired) electrons. The average molecular weight is 638 g/mol. The summed E-state index contributed by atoms with van der Waals surface area (Å²) in [6, 6.07) is 9.63. The van der Waals surface area contributed by atoms with Crippen LogP contribution in [0.2, 0.25) is 0 Å². The Kier molecular flexibility index (Phi) is 13.1. The second kappa shape index (κ2) is 16.3. The number of carbonyl (C=O) groups excluding carboxylic acids is 2. The van der Waals surface area contributed by atoms with Gasteiger partial charge in [-0.2, -0.15) is 0 Å². The molecule has 1 saturated heterocycles. The zero-order valence-electron chi connectivity index (χ0n) is 25.6. The minimum Gasteiger partial charge on any atom is -0.441 e. The van der Waals surface area contributed by atoms with Crippen LogP contribution >= 0.6 is 0 Å². The summed E-state index contributed by atoms with van der Waals surface area (Å²) in [7, 11) is -3.82. The van der Waals surface area contributed by atoms with Gasteiger partial charge in [0.05, 0.1) is 17.1 Å². The van der Waals surface area contributed by atoms with Gasteiger partial charge >= 0.3 is 6.09 Å². The van der Waals surface area contributed by atoms with E-state index in [0.29, 0.717) is 32.1 Å². The molecule has 1 fully saturated rings. The van der Waals surface area contributed by atoms with Crippen LogP contribution < -0.4 is 11.1 Å². The summed E-state index contributed by atoms with van der Waals surface area (Å²) in [5.74, 6) is -3.12. The van der Waals surface area contributed by atoms with Crippen molar-refractivity contribution in [2.45, 2.75) is 88.8 Å². The molecule has 3 unspecified atom stereocenters. The third-order valence-corrected chi connectivity index (χ3v) is 10.3. The molecule has 0 aliphatic carbocycles. The van der Waals surface area contributed by atoms with E-state index in [-0.39, 0.29) is 31.0 Å². The van der Waals surface area contributed by atoms with Gasteiger partial charge in [-0.15, -0.1) is 0 Å². The van der Waals surface area contributed by atoms with Gasteiger partial charge in [-0.1, -0.05) is 63.9 Å². The number of ether oxygens (including phenoxy) is 1. The topological polar surface area (TPSA) is 139 Å². The van der Waals surface area contributed by atoms with Crippen LogP contribution in [0.3, 0.4) is 0 Å². The lowest BCUT2D eigenvalue weighted by Crippen LogP contribution is -2.56. The van der Waals surface area contributed by atoms with Crippen LogP contribution in [0, 0.1) is 17.6 Å². The second-order valence-corrected chi connectivity index (χ2v) is 14.1. The summed E-state index contributed by atoms with van der Waals surface area (Å²) in [6.07, 6.45) is -0.488. The number of sulfone groups is 1. The third-order valence-electron chi connectivity index (χ3n) is 8.06. The zero-order chi connectivity index (χ0) is 32.4. The number of carbonyl (C=O) groups is 2. The lowest BCUT2D eigenvalue weighted by molar-refractivity contribution is -0.135. The van der Waals surface area contributed by atoms with Gasteiger partial charge in [0.2, 0.25) is 5.91 Å². The molecule has 0 bridgehead atoms. The minimum atomic E-state index is -3.82. The number of halogens is 2. The molecule has 44 heavy (non-hydrogen) atoms. The number of nitrogens with zero attached hydrogens (tertiary/aromatic N) is 1. The van der Waals surface area contributed by atoms with Crippen LogP contribution in [0.4, 0.5) is 13.6 Å². The van der Waals surface area contributed by atoms with E-state index in [2.05, 4.69) is 5.32 Å². The summed E-state index contributed by atoms with van der Waals surface area (Å²) in [4.78, 5) is 28.4. The predicted octanol–water partition coefficient (Wildman–Crippen LogP) is 4.28. The van der Waals surface area contributed by atoms with Crippen LogP contribution in [0.25, 0.3) is 0 Å². The largest absolute Gasteiger partial charge is 0.441 e. The molecule has 5 atom stereocenters. The fourth-order valence-corrected chi connectivity index (χ4v) is 7.81. The predicted molar refractivity (Wildman–Crippen MR) is 164 cm³/mol. The molecule has 9 nitrogen and oxygen atoms in total. The molecule has 0 saturated carbocycles. The van der Waals surface area contributed by atoms with Crippen LogP contribution in [0.1, 0.15) is 70.1 Å². The van der Waals surface area contributed by atoms with Gasteiger partial charge in [0.25, 0.3) is 0 Å². The summed E-state index contributed by atoms with van der Waals surface area (Å²) in [5.41, 5.74) is 7.20. The Bertz CT molecular complexity index is 1320. The number of benzene rings is 2. The first-order valence-corrected chi connectivity index (χ1v) is 17.0. The van der Waals surface area contributed by atoms with Crippen molar-refractivity contribution in [2.75, 3.05) is 18.8 Å². The van der Waals surface area contributed by atoms with Crippen molar-refractivity contribution in [2.24, 2.45) is 11.7 Å². The number of aliphatic hydroxyl groups excluding tert-OH is 1. The number of cyclic esters (lactones) is 1. The van der Waals surface area contributed by atoms with Gasteiger partial charge in [-0.3, -0.25) is 4.79 Å². The number of hydrogen-bond donors (Lipinski definition) is 3. The van der Waals surface area contributed by atoms with Crippen molar-refractivity contribution >= 4 is 21.8 Å². The van der Waals surface area contributed by atoms with Gasteiger partial charge in [-0.25, -0.2) is 22.0 Å². The number of aliphatic hydroxyl groups is 1. The number of amides is 2. The molecule has 2 amide bonds. The molecule has 1 aliphatic rings. The van der Waals surface area contributed by atoms with E-state index in [4.69, 9.17) is 10.5 Å². The second-order valence-electron chi connectivity index (χ2n) is 11.7. The highest BCUT2D eigenvalue weighted by atomic mass is 32.2. The molecule has 2 aromatic rings. The van der Waals surface area contributed by atoms with Gasteiger partial charge in [0, 0.05) is 25.2 Å². The maximum absolute atomic E-state index is 13.9. The fraction of sp³-hybridized carbons (Fsp3) is 0.562. The Morgan fingerprint density at radius 1 is 1.07 bits per heavy atom. The van der Waals surface area contributed by atoms with Crippen molar-refractivity contribution in [1.29, 1.82) is 0 Å². The van der Waals surface area contributed by atoms with E-state index in [1.165, 1.54) is 4.90 Å². The molecule has 12 heteroatoms. The van der Waals surface area contributed by atoms with Crippen molar-refractivity contribution in [1.82, 2.24) is 10.2 Å². The first-order chi connectivity index (χ1) is 20.8. The Morgan fingerprint density at radius 3 is 2.27 bits per heavy atom. The molecule has 244 valence electrons. The number of rotatable bonds is 13. The Labute approximate surface area is 259 Å². The molecule has 0 aromatic heterocycles. The Balaban J connectivity index is 1.91.